The van der Waals surface area contributed by atoms with Gasteiger partial charge in [0, 0.05) is 22.2 Å². The second-order valence-corrected chi connectivity index (χ2v) is 8.54. The van der Waals surface area contributed by atoms with Crippen molar-refractivity contribution in [2.24, 2.45) is 5.73 Å². The Hall–Kier alpha value is -3.05. The van der Waals surface area contributed by atoms with Crippen LogP contribution in [0.4, 0.5) is 5.00 Å². The average Bonchev–Trinajstić information content (AvgIpc) is 3.48. The number of thiophene rings is 2. The van der Waals surface area contributed by atoms with Gasteiger partial charge in [0.1, 0.15) is 5.00 Å². The number of primary amides is 1. The number of amides is 2. The number of aryl methyl sites for hydroxylation is 2. The van der Waals surface area contributed by atoms with Crippen LogP contribution < -0.4 is 11.1 Å². The van der Waals surface area contributed by atoms with Crippen molar-refractivity contribution in [2.75, 3.05) is 11.9 Å². The molecule has 3 aromatic heterocycles. The van der Waals surface area contributed by atoms with Crippen LogP contribution in [0.3, 0.4) is 0 Å². The van der Waals surface area contributed by atoms with Gasteiger partial charge in [-0.25, -0.2) is 0 Å². The smallest absolute Gasteiger partial charge is 0.306 e. The van der Waals surface area contributed by atoms with Crippen LogP contribution in [0.5, 0.6) is 0 Å². The zero-order chi connectivity index (χ0) is 21.1. The zero-order valence-electron chi connectivity index (χ0n) is 15.8. The fourth-order valence-corrected chi connectivity index (χ4v) is 5.15. The first-order valence-electron chi connectivity index (χ1n) is 9.26. The fraction of sp³-hybridized carbons (Fsp3) is 0.316. The van der Waals surface area contributed by atoms with E-state index in [0.29, 0.717) is 22.3 Å². The largest absolute Gasteiger partial charge is 0.456 e. The number of nitrogens with one attached hydrogen (secondary N) is 1. The van der Waals surface area contributed by atoms with E-state index in [0.717, 1.165) is 35.3 Å². The van der Waals surface area contributed by atoms with E-state index in [-0.39, 0.29) is 12.8 Å². The molecule has 1 aliphatic rings. The van der Waals surface area contributed by atoms with E-state index in [1.807, 2.05) is 16.8 Å². The van der Waals surface area contributed by atoms with Crippen LogP contribution in [0, 0.1) is 0 Å². The third-order valence-electron chi connectivity index (χ3n) is 4.58. The molecule has 0 unspecified atom stereocenters. The quantitative estimate of drug-likeness (QED) is 0.507. The highest BCUT2D eigenvalue weighted by Gasteiger charge is 2.26. The lowest BCUT2D eigenvalue weighted by Crippen LogP contribution is -2.22. The van der Waals surface area contributed by atoms with Gasteiger partial charge in [-0.15, -0.1) is 11.3 Å². The normalized spacial score (nSPS) is 12.5. The van der Waals surface area contributed by atoms with Gasteiger partial charge < -0.3 is 20.3 Å². The van der Waals surface area contributed by atoms with Gasteiger partial charge in [-0.1, -0.05) is 5.16 Å². The van der Waals surface area contributed by atoms with Crippen molar-refractivity contribution >= 4 is 45.5 Å². The maximum Gasteiger partial charge on any atom is 0.306 e. The summed E-state index contributed by atoms with van der Waals surface area (Å²) >= 11 is 2.87. The maximum absolute atomic E-state index is 12.2. The molecule has 30 heavy (non-hydrogen) atoms. The van der Waals surface area contributed by atoms with Crippen LogP contribution in [0.25, 0.3) is 11.4 Å². The van der Waals surface area contributed by atoms with Crippen LogP contribution in [0.2, 0.25) is 0 Å². The highest BCUT2D eigenvalue weighted by Crippen LogP contribution is 2.38. The molecular weight excluding hydrogens is 428 g/mol. The van der Waals surface area contributed by atoms with E-state index >= 15 is 0 Å². The summed E-state index contributed by atoms with van der Waals surface area (Å²) in [5, 5.41) is 10.7. The van der Waals surface area contributed by atoms with E-state index in [4.69, 9.17) is 15.0 Å². The molecule has 0 saturated carbocycles. The number of ether oxygens (including phenoxy) is 1. The van der Waals surface area contributed by atoms with Gasteiger partial charge in [0.2, 0.25) is 11.7 Å². The van der Waals surface area contributed by atoms with Gasteiger partial charge in [-0.05, 0) is 36.3 Å². The standard InChI is InChI=1S/C19H18N4O5S2/c20-17(26)16-11-2-1-3-12(11)30-19(16)21-13(24)8-27-15(25)5-4-14-22-18(23-28-14)10-6-7-29-9-10/h6-7,9H,1-5,8H2,(H2,20,26)(H,21,24). The van der Waals surface area contributed by atoms with Gasteiger partial charge in [0.15, 0.2) is 6.61 Å². The highest BCUT2D eigenvalue weighted by molar-refractivity contribution is 7.17. The van der Waals surface area contributed by atoms with Crippen LogP contribution in [-0.2, 0) is 33.6 Å². The molecule has 0 aromatic carbocycles. The molecule has 0 spiro atoms. The summed E-state index contributed by atoms with van der Waals surface area (Å²) in [6.45, 7) is -0.455. The Labute approximate surface area is 179 Å². The number of hydrogen-bond acceptors (Lipinski definition) is 9. The number of fused-ring (bicyclic) bond motifs is 1. The number of esters is 1. The number of hydrogen-bond donors (Lipinski definition) is 2. The van der Waals surface area contributed by atoms with Crippen molar-refractivity contribution in [3.05, 3.63) is 38.7 Å². The third-order valence-corrected chi connectivity index (χ3v) is 6.47. The second-order valence-electron chi connectivity index (χ2n) is 6.66. The summed E-state index contributed by atoms with van der Waals surface area (Å²) in [5.74, 6) is -0.875. The van der Waals surface area contributed by atoms with Gasteiger partial charge >= 0.3 is 5.97 Å². The zero-order valence-corrected chi connectivity index (χ0v) is 17.4. The van der Waals surface area contributed by atoms with Crippen molar-refractivity contribution in [3.63, 3.8) is 0 Å². The van der Waals surface area contributed by atoms with Crippen molar-refractivity contribution in [1.82, 2.24) is 10.1 Å². The minimum Gasteiger partial charge on any atom is -0.456 e. The van der Waals surface area contributed by atoms with Crippen LogP contribution in [0.1, 0.15) is 39.5 Å². The summed E-state index contributed by atoms with van der Waals surface area (Å²) in [7, 11) is 0. The van der Waals surface area contributed by atoms with Crippen LogP contribution in [0.15, 0.2) is 21.3 Å². The Balaban J connectivity index is 1.25. The molecule has 3 aromatic rings. The number of nitrogens with zero attached hydrogens (tertiary/aromatic N) is 2. The molecular formula is C19H18N4O5S2. The fourth-order valence-electron chi connectivity index (χ4n) is 3.21. The van der Waals surface area contributed by atoms with E-state index in [1.165, 1.54) is 22.7 Å². The van der Waals surface area contributed by atoms with E-state index in [9.17, 15) is 14.4 Å². The molecule has 11 heteroatoms. The average molecular weight is 447 g/mol. The Morgan fingerprint density at radius 1 is 1.30 bits per heavy atom. The SMILES string of the molecule is NC(=O)c1c(NC(=O)COC(=O)CCc2nc(-c3ccsc3)no2)sc2c1CCC2. The summed E-state index contributed by atoms with van der Waals surface area (Å²) < 4.78 is 10.1. The van der Waals surface area contributed by atoms with Crippen molar-refractivity contribution in [2.45, 2.75) is 32.1 Å². The topological polar surface area (TPSA) is 137 Å². The number of anilines is 1. The minimum atomic E-state index is -0.567. The molecule has 9 nitrogen and oxygen atoms in total. The molecule has 3 heterocycles. The summed E-state index contributed by atoms with van der Waals surface area (Å²) in [6.07, 6.45) is 2.83. The third kappa shape index (κ3) is 4.41. The molecule has 0 fully saturated rings. The Bertz CT molecular complexity index is 1090. The van der Waals surface area contributed by atoms with Crippen LogP contribution >= 0.6 is 22.7 Å². The van der Waals surface area contributed by atoms with Crippen LogP contribution in [-0.4, -0.2) is 34.5 Å². The maximum atomic E-state index is 12.2. The molecule has 0 bridgehead atoms. The highest BCUT2D eigenvalue weighted by atomic mass is 32.1. The number of carbonyl (C=O) groups excluding carboxylic acids is 3. The number of nitrogens with two attached hydrogens (primary N) is 1. The predicted octanol–water partition coefficient (Wildman–Crippen LogP) is 2.56. The van der Waals surface area contributed by atoms with Gasteiger partial charge in [0.25, 0.3) is 11.8 Å². The lowest BCUT2D eigenvalue weighted by molar-refractivity contribution is -0.147. The first-order valence-corrected chi connectivity index (χ1v) is 11.0. The summed E-state index contributed by atoms with van der Waals surface area (Å²) in [6, 6.07) is 1.87. The molecule has 156 valence electrons. The molecule has 4 rings (SSSR count). The van der Waals surface area contributed by atoms with Gasteiger partial charge in [-0.3, -0.25) is 14.4 Å². The lowest BCUT2D eigenvalue weighted by Gasteiger charge is -2.07. The van der Waals surface area contributed by atoms with Crippen molar-refractivity contribution < 1.29 is 23.6 Å². The Kier molecular flexibility index (Phi) is 5.91. The first-order chi connectivity index (χ1) is 14.5. The van der Waals surface area contributed by atoms with Gasteiger partial charge in [-0.2, -0.15) is 16.3 Å². The first kappa shape index (κ1) is 20.2. The van der Waals surface area contributed by atoms with E-state index in [1.54, 1.807) is 0 Å². The number of rotatable bonds is 8. The monoisotopic (exact) mass is 446 g/mol. The Morgan fingerprint density at radius 2 is 2.17 bits per heavy atom. The lowest BCUT2D eigenvalue weighted by atomic mass is 10.1. The summed E-state index contributed by atoms with van der Waals surface area (Å²) in [5.41, 5.74) is 7.60. The van der Waals surface area contributed by atoms with Crippen molar-refractivity contribution in [3.8, 4) is 11.4 Å². The van der Waals surface area contributed by atoms with E-state index < -0.39 is 24.4 Å². The molecule has 2 amide bonds. The second kappa shape index (κ2) is 8.76. The predicted molar refractivity (Wildman–Crippen MR) is 110 cm³/mol. The molecule has 3 N–H and O–H groups in total. The van der Waals surface area contributed by atoms with Crippen molar-refractivity contribution in [1.29, 1.82) is 0 Å². The number of aromatic nitrogens is 2. The molecule has 0 aliphatic heterocycles. The Morgan fingerprint density at radius 3 is 2.93 bits per heavy atom. The summed E-state index contributed by atoms with van der Waals surface area (Å²) in [4.78, 5) is 41.1. The minimum absolute atomic E-state index is 0.00160. The number of carbonyl (C=O) groups is 3. The molecule has 0 radical (unpaired) electrons. The molecule has 1 aliphatic carbocycles. The van der Waals surface area contributed by atoms with E-state index in [2.05, 4.69) is 15.5 Å². The van der Waals surface area contributed by atoms with Gasteiger partial charge in [0.05, 0.1) is 12.0 Å². The molecule has 0 atom stereocenters. The molecule has 0 saturated heterocycles.